The smallest absolute Gasteiger partial charge is 0.345 e. The molecule has 1 aromatic rings. The molecule has 0 aromatic carbocycles. The van der Waals surface area contributed by atoms with Crippen molar-refractivity contribution in [2.75, 3.05) is 0 Å². The number of hydrogen-bond donors (Lipinski definition) is 2. The summed E-state index contributed by atoms with van der Waals surface area (Å²) in [4.78, 5) is 28.7. The van der Waals surface area contributed by atoms with E-state index in [0.717, 1.165) is 25.7 Å². The number of aromatic nitrogens is 2. The molecule has 1 aromatic heterocycles. The Morgan fingerprint density at radius 1 is 1.44 bits per heavy atom. The lowest BCUT2D eigenvalue weighted by molar-refractivity contribution is 0.0693. The lowest BCUT2D eigenvalue weighted by atomic mass is 9.98. The SMILES string of the molecule is Cc1[nH]c(=O)nc(C2CCCC2)c1C(=O)O. The molecule has 0 aliphatic heterocycles. The van der Waals surface area contributed by atoms with Crippen LogP contribution in [0.15, 0.2) is 4.79 Å². The van der Waals surface area contributed by atoms with Gasteiger partial charge in [-0.3, -0.25) is 0 Å². The van der Waals surface area contributed by atoms with E-state index in [-0.39, 0.29) is 11.5 Å². The lowest BCUT2D eigenvalue weighted by Crippen LogP contribution is -2.21. The highest BCUT2D eigenvalue weighted by Gasteiger charge is 2.26. The lowest BCUT2D eigenvalue weighted by Gasteiger charge is -2.12. The standard InChI is InChI=1S/C11H14N2O3/c1-6-8(10(14)15)9(13-11(16)12-6)7-4-2-3-5-7/h7H,2-5H2,1H3,(H,14,15)(H,12,13,16). The predicted molar refractivity (Wildman–Crippen MR) is 57.8 cm³/mol. The molecule has 1 saturated carbocycles. The van der Waals surface area contributed by atoms with Gasteiger partial charge in [-0.1, -0.05) is 12.8 Å². The summed E-state index contributed by atoms with van der Waals surface area (Å²) in [7, 11) is 0. The van der Waals surface area contributed by atoms with Crippen molar-refractivity contribution in [2.45, 2.75) is 38.5 Å². The van der Waals surface area contributed by atoms with Crippen LogP contribution in [0.3, 0.4) is 0 Å². The molecule has 0 bridgehead atoms. The zero-order valence-corrected chi connectivity index (χ0v) is 9.12. The maximum atomic E-state index is 11.3. The van der Waals surface area contributed by atoms with Gasteiger partial charge in [-0.2, -0.15) is 4.98 Å². The van der Waals surface area contributed by atoms with Gasteiger partial charge in [0.2, 0.25) is 0 Å². The molecule has 2 rings (SSSR count). The van der Waals surface area contributed by atoms with E-state index < -0.39 is 11.7 Å². The number of carbonyl (C=O) groups is 1. The van der Waals surface area contributed by atoms with Gasteiger partial charge in [0.1, 0.15) is 5.56 Å². The Labute approximate surface area is 92.5 Å². The van der Waals surface area contributed by atoms with Crippen LogP contribution < -0.4 is 5.69 Å². The average molecular weight is 222 g/mol. The zero-order valence-electron chi connectivity index (χ0n) is 9.12. The van der Waals surface area contributed by atoms with Crippen LogP contribution in [-0.4, -0.2) is 21.0 Å². The molecule has 2 N–H and O–H groups in total. The summed E-state index contributed by atoms with van der Waals surface area (Å²) in [5, 5.41) is 9.14. The van der Waals surface area contributed by atoms with Crippen molar-refractivity contribution >= 4 is 5.97 Å². The van der Waals surface area contributed by atoms with Crippen LogP contribution in [-0.2, 0) is 0 Å². The number of H-pyrrole nitrogens is 1. The van der Waals surface area contributed by atoms with Crippen molar-refractivity contribution in [3.8, 4) is 0 Å². The molecule has 0 atom stereocenters. The summed E-state index contributed by atoms with van der Waals surface area (Å²) >= 11 is 0. The van der Waals surface area contributed by atoms with Crippen molar-refractivity contribution in [3.63, 3.8) is 0 Å². The summed E-state index contributed by atoms with van der Waals surface area (Å²) in [6.45, 7) is 1.60. The van der Waals surface area contributed by atoms with Gasteiger partial charge < -0.3 is 10.1 Å². The van der Waals surface area contributed by atoms with Crippen molar-refractivity contribution < 1.29 is 9.90 Å². The van der Waals surface area contributed by atoms with E-state index in [0.29, 0.717) is 11.4 Å². The first-order valence-electron chi connectivity index (χ1n) is 5.43. The number of nitrogens with zero attached hydrogens (tertiary/aromatic N) is 1. The van der Waals surface area contributed by atoms with E-state index in [2.05, 4.69) is 9.97 Å². The summed E-state index contributed by atoms with van der Waals surface area (Å²) in [5.41, 5.74) is 0.580. The van der Waals surface area contributed by atoms with Crippen LogP contribution >= 0.6 is 0 Å². The van der Waals surface area contributed by atoms with E-state index in [1.165, 1.54) is 0 Å². The fourth-order valence-corrected chi connectivity index (χ4v) is 2.37. The Morgan fingerprint density at radius 3 is 2.62 bits per heavy atom. The monoisotopic (exact) mass is 222 g/mol. The number of carboxylic acid groups (broad SMARTS) is 1. The van der Waals surface area contributed by atoms with E-state index in [9.17, 15) is 9.59 Å². The van der Waals surface area contributed by atoms with E-state index in [4.69, 9.17) is 5.11 Å². The molecule has 1 aliphatic rings. The van der Waals surface area contributed by atoms with E-state index >= 15 is 0 Å². The molecule has 0 radical (unpaired) electrons. The molecule has 0 unspecified atom stereocenters. The van der Waals surface area contributed by atoms with Crippen LogP contribution in [0.1, 0.15) is 53.3 Å². The normalized spacial score (nSPS) is 16.6. The number of nitrogens with one attached hydrogen (secondary N) is 1. The number of carboxylic acids is 1. The van der Waals surface area contributed by atoms with Gasteiger partial charge in [0.15, 0.2) is 0 Å². The third kappa shape index (κ3) is 1.85. The van der Waals surface area contributed by atoms with Gasteiger partial charge in [0.25, 0.3) is 0 Å². The molecule has 0 saturated heterocycles. The second-order valence-corrected chi connectivity index (χ2v) is 4.21. The maximum Gasteiger partial charge on any atom is 0.345 e. The number of hydrogen-bond acceptors (Lipinski definition) is 3. The van der Waals surface area contributed by atoms with Crippen molar-refractivity contribution in [1.82, 2.24) is 9.97 Å². The highest BCUT2D eigenvalue weighted by atomic mass is 16.4. The number of aryl methyl sites for hydroxylation is 1. The molecular formula is C11H14N2O3. The molecule has 0 spiro atoms. The fraction of sp³-hybridized carbons (Fsp3) is 0.545. The Balaban J connectivity index is 2.56. The molecule has 1 heterocycles. The first-order chi connectivity index (χ1) is 7.59. The minimum atomic E-state index is -1.01. The maximum absolute atomic E-state index is 11.3. The third-order valence-electron chi connectivity index (χ3n) is 3.10. The largest absolute Gasteiger partial charge is 0.478 e. The summed E-state index contributed by atoms with van der Waals surface area (Å²) < 4.78 is 0. The Morgan fingerprint density at radius 2 is 2.06 bits per heavy atom. The Kier molecular flexibility index (Phi) is 2.77. The second kappa shape index (κ2) is 4.08. The van der Waals surface area contributed by atoms with Gasteiger partial charge in [-0.05, 0) is 19.8 Å². The first-order valence-corrected chi connectivity index (χ1v) is 5.43. The van der Waals surface area contributed by atoms with Gasteiger partial charge in [-0.25, -0.2) is 9.59 Å². The van der Waals surface area contributed by atoms with Crippen LogP contribution in [0.5, 0.6) is 0 Å². The summed E-state index contributed by atoms with van der Waals surface area (Å²) in [6, 6.07) is 0. The van der Waals surface area contributed by atoms with Gasteiger partial charge in [0, 0.05) is 11.6 Å². The van der Waals surface area contributed by atoms with Crippen molar-refractivity contribution in [2.24, 2.45) is 0 Å². The second-order valence-electron chi connectivity index (χ2n) is 4.21. The quantitative estimate of drug-likeness (QED) is 0.793. The topological polar surface area (TPSA) is 83.0 Å². The van der Waals surface area contributed by atoms with E-state index in [1.807, 2.05) is 0 Å². The molecule has 5 nitrogen and oxygen atoms in total. The van der Waals surface area contributed by atoms with Crippen molar-refractivity contribution in [3.05, 3.63) is 27.4 Å². The van der Waals surface area contributed by atoms with Gasteiger partial charge in [-0.15, -0.1) is 0 Å². The summed E-state index contributed by atoms with van der Waals surface area (Å²) in [5.74, 6) is -0.879. The molecular weight excluding hydrogens is 208 g/mol. The van der Waals surface area contributed by atoms with Crippen LogP contribution in [0.2, 0.25) is 0 Å². The Hall–Kier alpha value is -1.65. The summed E-state index contributed by atoms with van der Waals surface area (Å²) in [6.07, 6.45) is 4.01. The highest BCUT2D eigenvalue weighted by Crippen LogP contribution is 2.34. The number of rotatable bonds is 2. The minimum absolute atomic E-state index is 0.132. The third-order valence-corrected chi connectivity index (χ3v) is 3.10. The molecule has 5 heteroatoms. The number of aromatic amines is 1. The van der Waals surface area contributed by atoms with Crippen LogP contribution in [0, 0.1) is 6.92 Å². The van der Waals surface area contributed by atoms with Crippen molar-refractivity contribution in [1.29, 1.82) is 0 Å². The van der Waals surface area contributed by atoms with Crippen LogP contribution in [0.25, 0.3) is 0 Å². The molecule has 0 amide bonds. The van der Waals surface area contributed by atoms with Crippen LogP contribution in [0.4, 0.5) is 0 Å². The first kappa shape index (κ1) is 10.9. The highest BCUT2D eigenvalue weighted by molar-refractivity contribution is 5.90. The average Bonchev–Trinajstić information content (AvgIpc) is 2.67. The zero-order chi connectivity index (χ0) is 11.7. The molecule has 1 fully saturated rings. The Bertz CT molecular complexity index is 473. The van der Waals surface area contributed by atoms with Gasteiger partial charge in [0.05, 0.1) is 5.69 Å². The molecule has 86 valence electrons. The van der Waals surface area contributed by atoms with E-state index in [1.54, 1.807) is 6.92 Å². The molecule has 16 heavy (non-hydrogen) atoms. The molecule has 1 aliphatic carbocycles. The van der Waals surface area contributed by atoms with Gasteiger partial charge >= 0.3 is 11.7 Å². The fourth-order valence-electron chi connectivity index (χ4n) is 2.37. The number of aromatic carboxylic acids is 1. The minimum Gasteiger partial charge on any atom is -0.478 e. The predicted octanol–water partition coefficient (Wildman–Crippen LogP) is 1.43.